The number of rotatable bonds is 4. The molecule has 3 heterocycles. The van der Waals surface area contributed by atoms with E-state index < -0.39 is 10.1 Å². The van der Waals surface area contributed by atoms with Gasteiger partial charge in [-0.2, -0.15) is 0 Å². The van der Waals surface area contributed by atoms with Gasteiger partial charge in [-0.05, 0) is 55.5 Å². The predicted octanol–water partition coefficient (Wildman–Crippen LogP) is 3.87. The zero-order chi connectivity index (χ0) is 21.4. The molecule has 0 aliphatic carbocycles. The molecule has 0 amide bonds. The smallest absolute Gasteiger partial charge is 0.184 e. The first kappa shape index (κ1) is 21.6. The van der Waals surface area contributed by atoms with Crippen LogP contribution in [0.1, 0.15) is 5.56 Å². The first-order chi connectivity index (χ1) is 14.4. The Balaban J connectivity index is 0.000000199. The summed E-state index contributed by atoms with van der Waals surface area (Å²) in [7, 11) is -4.47. The quantitative estimate of drug-likeness (QED) is 0.355. The first-order valence-electron chi connectivity index (χ1n) is 8.92. The standard InChI is InChI=1S/C15H12N3S.C7H8O3S/c1-4-13(10-16-7-1)19(14-5-2-8-17-11-14)15-6-3-9-18-12-15;1-6-2-4-7(5-3-6)11(8,9)10/h1-12H;2-5H,1H3,(H,8,9,10)/q+1;/p-1. The van der Waals surface area contributed by atoms with E-state index in [2.05, 4.69) is 33.2 Å². The summed E-state index contributed by atoms with van der Waals surface area (Å²) in [6.07, 6.45) is 11.1. The molecule has 0 N–H and O–H groups in total. The lowest BCUT2D eigenvalue weighted by Crippen LogP contribution is -2.05. The number of pyridine rings is 3. The minimum atomic E-state index is -4.27. The van der Waals surface area contributed by atoms with Crippen LogP contribution in [0, 0.1) is 6.92 Å². The highest BCUT2D eigenvalue weighted by atomic mass is 32.2. The monoisotopic (exact) mass is 437 g/mol. The molecular formula is C22H19N3O3S2. The maximum atomic E-state index is 10.4. The molecule has 30 heavy (non-hydrogen) atoms. The average molecular weight is 438 g/mol. The average Bonchev–Trinajstić information content (AvgIpc) is 2.76. The SMILES string of the molecule is Cc1ccc(S(=O)(=O)[O-])cc1.c1cncc([S+](c2cccnc2)c2cccnc2)c1. The molecule has 0 aliphatic rings. The summed E-state index contributed by atoms with van der Waals surface area (Å²) in [6.45, 7) is 1.82. The second-order valence-corrected chi connectivity index (χ2v) is 9.55. The lowest BCUT2D eigenvalue weighted by atomic mass is 10.2. The normalized spacial score (nSPS) is 10.9. The van der Waals surface area contributed by atoms with Gasteiger partial charge in [0.2, 0.25) is 0 Å². The molecule has 8 heteroatoms. The van der Waals surface area contributed by atoms with E-state index in [0.717, 1.165) is 5.56 Å². The molecule has 152 valence electrons. The Morgan fingerprint density at radius 3 is 1.40 bits per heavy atom. The summed E-state index contributed by atoms with van der Waals surface area (Å²) in [5.74, 6) is 0. The van der Waals surface area contributed by atoms with Crippen molar-refractivity contribution >= 4 is 21.0 Å². The molecule has 0 aliphatic heterocycles. The van der Waals surface area contributed by atoms with Crippen molar-refractivity contribution in [2.24, 2.45) is 0 Å². The Morgan fingerprint density at radius 1 is 0.700 bits per heavy atom. The van der Waals surface area contributed by atoms with Crippen molar-refractivity contribution in [3.63, 3.8) is 0 Å². The van der Waals surface area contributed by atoms with Crippen molar-refractivity contribution in [1.82, 2.24) is 15.0 Å². The second kappa shape index (κ2) is 10.1. The highest BCUT2D eigenvalue weighted by Gasteiger charge is 2.29. The van der Waals surface area contributed by atoms with Crippen LogP contribution in [-0.2, 0) is 21.0 Å². The summed E-state index contributed by atoms with van der Waals surface area (Å²) in [5.41, 5.74) is 0.928. The molecule has 0 fully saturated rings. The predicted molar refractivity (Wildman–Crippen MR) is 114 cm³/mol. The van der Waals surface area contributed by atoms with E-state index in [-0.39, 0.29) is 15.8 Å². The third-order valence-corrected chi connectivity index (χ3v) is 6.91. The van der Waals surface area contributed by atoms with Crippen LogP contribution in [0.15, 0.2) is 117 Å². The number of benzene rings is 1. The third kappa shape index (κ3) is 5.96. The van der Waals surface area contributed by atoms with E-state index in [4.69, 9.17) is 0 Å². The lowest BCUT2D eigenvalue weighted by Gasteiger charge is -2.05. The summed E-state index contributed by atoms with van der Waals surface area (Å²) in [6, 6.07) is 17.9. The van der Waals surface area contributed by atoms with Gasteiger partial charge in [-0.15, -0.1) is 0 Å². The fourth-order valence-corrected chi connectivity index (χ4v) is 4.95. The van der Waals surface area contributed by atoms with Gasteiger partial charge in [0.05, 0.1) is 23.5 Å². The van der Waals surface area contributed by atoms with Crippen LogP contribution >= 0.6 is 0 Å². The molecule has 1 aromatic carbocycles. The maximum absolute atomic E-state index is 10.4. The molecule has 4 aromatic rings. The van der Waals surface area contributed by atoms with E-state index in [9.17, 15) is 13.0 Å². The molecular weight excluding hydrogens is 418 g/mol. The van der Waals surface area contributed by atoms with Crippen LogP contribution < -0.4 is 0 Å². The summed E-state index contributed by atoms with van der Waals surface area (Å²) < 4.78 is 31.2. The topological polar surface area (TPSA) is 95.9 Å². The minimum absolute atomic E-state index is 0.178. The highest BCUT2D eigenvalue weighted by Crippen LogP contribution is 2.29. The minimum Gasteiger partial charge on any atom is -0.744 e. The van der Waals surface area contributed by atoms with Crippen LogP contribution in [0.5, 0.6) is 0 Å². The number of aromatic nitrogens is 3. The van der Waals surface area contributed by atoms with Gasteiger partial charge in [0.15, 0.2) is 14.7 Å². The summed E-state index contributed by atoms with van der Waals surface area (Å²) in [5, 5.41) is 0. The summed E-state index contributed by atoms with van der Waals surface area (Å²) >= 11 is 0. The van der Waals surface area contributed by atoms with Gasteiger partial charge in [0, 0.05) is 18.6 Å². The van der Waals surface area contributed by atoms with Gasteiger partial charge in [0.25, 0.3) is 0 Å². The van der Waals surface area contributed by atoms with Crippen molar-refractivity contribution in [2.75, 3.05) is 0 Å². The molecule has 4 rings (SSSR count). The zero-order valence-electron chi connectivity index (χ0n) is 16.1. The largest absolute Gasteiger partial charge is 0.744 e. The van der Waals surface area contributed by atoms with Gasteiger partial charge in [-0.1, -0.05) is 17.7 Å². The lowest BCUT2D eigenvalue weighted by molar-refractivity contribution is 0.463. The molecule has 0 saturated carbocycles. The van der Waals surface area contributed by atoms with E-state index in [1.807, 2.05) is 43.7 Å². The van der Waals surface area contributed by atoms with E-state index in [1.54, 1.807) is 30.7 Å². The zero-order valence-corrected chi connectivity index (χ0v) is 17.8. The Bertz CT molecular complexity index is 1060. The fourth-order valence-electron chi connectivity index (χ4n) is 2.52. The molecule has 3 aromatic heterocycles. The number of hydrogen-bond donors (Lipinski definition) is 0. The summed E-state index contributed by atoms with van der Waals surface area (Å²) in [4.78, 5) is 16.0. The molecule has 0 bridgehead atoms. The van der Waals surface area contributed by atoms with Gasteiger partial charge in [-0.3, -0.25) is 15.0 Å². The maximum Gasteiger partial charge on any atom is 0.184 e. The third-order valence-electron chi connectivity index (χ3n) is 3.92. The van der Waals surface area contributed by atoms with Crippen LogP contribution in [0.25, 0.3) is 0 Å². The number of hydrogen-bond acceptors (Lipinski definition) is 6. The molecule has 0 spiro atoms. The van der Waals surface area contributed by atoms with Gasteiger partial charge < -0.3 is 4.55 Å². The number of nitrogens with zero attached hydrogens (tertiary/aromatic N) is 3. The Hall–Kier alpha value is -3.07. The highest BCUT2D eigenvalue weighted by molar-refractivity contribution is 7.97. The van der Waals surface area contributed by atoms with Crippen LogP contribution in [0.4, 0.5) is 0 Å². The van der Waals surface area contributed by atoms with E-state index in [1.165, 1.54) is 26.8 Å². The molecule has 6 nitrogen and oxygen atoms in total. The van der Waals surface area contributed by atoms with Crippen LogP contribution in [0.2, 0.25) is 0 Å². The molecule has 0 saturated heterocycles. The van der Waals surface area contributed by atoms with Crippen molar-refractivity contribution < 1.29 is 13.0 Å². The Kier molecular flexibility index (Phi) is 7.29. The van der Waals surface area contributed by atoms with Gasteiger partial charge in [-0.25, -0.2) is 8.42 Å². The van der Waals surface area contributed by atoms with Crippen molar-refractivity contribution in [2.45, 2.75) is 26.5 Å². The Morgan fingerprint density at radius 2 is 1.10 bits per heavy atom. The molecule has 0 atom stereocenters. The fraction of sp³-hybridized carbons (Fsp3) is 0.0455. The second-order valence-electron chi connectivity index (χ2n) is 6.14. The van der Waals surface area contributed by atoms with E-state index in [0.29, 0.717) is 0 Å². The van der Waals surface area contributed by atoms with Crippen LogP contribution in [0.3, 0.4) is 0 Å². The van der Waals surface area contributed by atoms with Gasteiger partial charge >= 0.3 is 0 Å². The van der Waals surface area contributed by atoms with Crippen LogP contribution in [-0.4, -0.2) is 27.9 Å². The van der Waals surface area contributed by atoms with Crippen molar-refractivity contribution in [3.05, 3.63) is 103 Å². The molecule has 0 radical (unpaired) electrons. The van der Waals surface area contributed by atoms with Gasteiger partial charge in [0.1, 0.15) is 21.0 Å². The van der Waals surface area contributed by atoms with Crippen molar-refractivity contribution in [1.29, 1.82) is 0 Å². The Labute approximate surface area is 178 Å². The number of aryl methyl sites for hydroxylation is 1. The van der Waals surface area contributed by atoms with Crippen molar-refractivity contribution in [3.8, 4) is 0 Å². The molecule has 0 unspecified atom stereocenters. The first-order valence-corrected chi connectivity index (χ1v) is 11.6. The van der Waals surface area contributed by atoms with E-state index >= 15 is 0 Å².